The molecule has 0 saturated heterocycles. The van der Waals surface area contributed by atoms with Gasteiger partial charge in [0.05, 0.1) is 18.8 Å². The lowest BCUT2D eigenvalue weighted by Crippen LogP contribution is -2.48. The molecule has 4 N–H and O–H groups in total. The minimum Gasteiger partial charge on any atom is -0.394 e. The lowest BCUT2D eigenvalue weighted by Gasteiger charge is -2.21. The molecule has 1 amide bonds. The summed E-state index contributed by atoms with van der Waals surface area (Å²) in [4.78, 5) is 11.5. The molecule has 3 atom stereocenters. The number of aliphatic hydroxyl groups is 3. The van der Waals surface area contributed by atoms with Crippen molar-refractivity contribution in [2.75, 3.05) is 6.61 Å². The third-order valence-corrected chi connectivity index (χ3v) is 3.34. The summed E-state index contributed by atoms with van der Waals surface area (Å²) < 4.78 is 0. The zero-order valence-electron chi connectivity index (χ0n) is 13.2. The number of aliphatic hydroxyl groups excluding tert-OH is 3. The molecule has 0 aromatic carbocycles. The van der Waals surface area contributed by atoms with Crippen molar-refractivity contribution < 1.29 is 20.1 Å². The number of nitrogens with one attached hydrogen (secondary N) is 1. The largest absolute Gasteiger partial charge is 0.394 e. The summed E-state index contributed by atoms with van der Waals surface area (Å²) in [5, 5.41) is 30.9. The second kappa shape index (κ2) is 11.5. The Labute approximate surface area is 127 Å². The average Bonchev–Trinajstić information content (AvgIpc) is 2.50. The fraction of sp³-hybridized carbons (Fsp3) is 0.688. The van der Waals surface area contributed by atoms with Crippen LogP contribution in [0.4, 0.5) is 0 Å². The van der Waals surface area contributed by atoms with E-state index in [9.17, 15) is 20.1 Å². The molecule has 21 heavy (non-hydrogen) atoms. The first-order valence-electron chi connectivity index (χ1n) is 7.55. The van der Waals surface area contributed by atoms with Gasteiger partial charge in [0.25, 0.3) is 0 Å². The first-order chi connectivity index (χ1) is 9.96. The smallest absolute Gasteiger partial charge is 0.249 e. The number of carbonyl (C=O) groups excluding carboxylic acids is 1. The van der Waals surface area contributed by atoms with Crippen LogP contribution in [-0.2, 0) is 4.79 Å². The molecular formula is C16H29NO4. The number of unbranched alkanes of at least 4 members (excludes halogenated alkanes) is 1. The van der Waals surface area contributed by atoms with Gasteiger partial charge >= 0.3 is 0 Å². The van der Waals surface area contributed by atoms with Crippen LogP contribution >= 0.6 is 0 Å². The minimum atomic E-state index is -1.11. The highest BCUT2D eigenvalue weighted by atomic mass is 16.3. The van der Waals surface area contributed by atoms with Crippen LogP contribution in [0, 0.1) is 0 Å². The van der Waals surface area contributed by atoms with E-state index in [4.69, 9.17) is 0 Å². The lowest BCUT2D eigenvalue weighted by molar-refractivity contribution is -0.131. The minimum absolute atomic E-state index is 0.291. The fourth-order valence-corrected chi connectivity index (χ4v) is 1.64. The van der Waals surface area contributed by atoms with E-state index in [-0.39, 0.29) is 6.61 Å². The van der Waals surface area contributed by atoms with E-state index in [0.717, 1.165) is 19.3 Å². The molecule has 5 heteroatoms. The average molecular weight is 299 g/mol. The van der Waals surface area contributed by atoms with Crippen molar-refractivity contribution in [3.05, 3.63) is 23.8 Å². The van der Waals surface area contributed by atoms with Crippen LogP contribution in [0.2, 0.25) is 0 Å². The van der Waals surface area contributed by atoms with Gasteiger partial charge in [0.2, 0.25) is 5.91 Å². The lowest BCUT2D eigenvalue weighted by atomic mass is 10.1. The van der Waals surface area contributed by atoms with Gasteiger partial charge in [-0.2, -0.15) is 0 Å². The number of hydrogen-bond donors (Lipinski definition) is 4. The van der Waals surface area contributed by atoms with E-state index < -0.39 is 24.2 Å². The van der Waals surface area contributed by atoms with Crippen LogP contribution in [0.5, 0.6) is 0 Å². The molecule has 0 aliphatic carbocycles. The van der Waals surface area contributed by atoms with Gasteiger partial charge in [-0.25, -0.2) is 0 Å². The van der Waals surface area contributed by atoms with Gasteiger partial charge in [0.15, 0.2) is 0 Å². The number of amides is 1. The second-order valence-electron chi connectivity index (χ2n) is 5.12. The second-order valence-corrected chi connectivity index (χ2v) is 5.12. The molecule has 0 aromatic heterocycles. The van der Waals surface area contributed by atoms with Crippen LogP contribution in [0.3, 0.4) is 0 Å². The summed E-state index contributed by atoms with van der Waals surface area (Å²) in [5.41, 5.74) is 1.33. The molecule has 0 heterocycles. The van der Waals surface area contributed by atoms with E-state index in [2.05, 4.69) is 25.2 Å². The number of carbonyl (C=O) groups is 1. The van der Waals surface area contributed by atoms with Crippen molar-refractivity contribution in [3.8, 4) is 0 Å². The first-order valence-corrected chi connectivity index (χ1v) is 7.55. The van der Waals surface area contributed by atoms with Gasteiger partial charge in [-0.05, 0) is 32.6 Å². The summed E-state index contributed by atoms with van der Waals surface area (Å²) in [6, 6.07) is -0.803. The molecule has 5 nitrogen and oxygen atoms in total. The molecule has 0 saturated carbocycles. The molecular weight excluding hydrogens is 270 g/mol. The van der Waals surface area contributed by atoms with Crippen LogP contribution < -0.4 is 5.32 Å². The van der Waals surface area contributed by atoms with Gasteiger partial charge in [0, 0.05) is 0 Å². The van der Waals surface area contributed by atoms with Gasteiger partial charge in [-0.3, -0.25) is 4.79 Å². The molecule has 0 aliphatic rings. The maximum Gasteiger partial charge on any atom is 0.249 e. The molecule has 0 fully saturated rings. The summed E-state index contributed by atoms with van der Waals surface area (Å²) in [6.07, 6.45) is 6.47. The number of rotatable bonds is 10. The van der Waals surface area contributed by atoms with Crippen molar-refractivity contribution in [2.45, 2.75) is 64.7 Å². The summed E-state index contributed by atoms with van der Waals surface area (Å²) in [5.74, 6) is -0.578. The topological polar surface area (TPSA) is 89.8 Å². The maximum absolute atomic E-state index is 11.5. The SMILES string of the molecule is CC/C(C)=C/CC/C=C/[C@H](O)[C@@H](CO)NC(=O)[C@@H](O)CC. The predicted octanol–water partition coefficient (Wildman–Crippen LogP) is 1.29. The normalized spacial score (nSPS) is 16.8. The Kier molecular flexibility index (Phi) is 10.8. The molecule has 0 bridgehead atoms. The third kappa shape index (κ3) is 8.65. The van der Waals surface area contributed by atoms with Gasteiger partial charge in [-0.15, -0.1) is 0 Å². The van der Waals surface area contributed by atoms with E-state index in [1.165, 1.54) is 5.57 Å². The maximum atomic E-state index is 11.5. The Bertz CT molecular complexity index is 352. The third-order valence-electron chi connectivity index (χ3n) is 3.34. The summed E-state index contributed by atoms with van der Waals surface area (Å²) in [7, 11) is 0. The van der Waals surface area contributed by atoms with Crippen LogP contribution in [0.1, 0.15) is 46.5 Å². The van der Waals surface area contributed by atoms with E-state index in [0.29, 0.717) is 6.42 Å². The predicted molar refractivity (Wildman–Crippen MR) is 83.7 cm³/mol. The van der Waals surface area contributed by atoms with Crippen LogP contribution in [-0.4, -0.2) is 46.1 Å². The van der Waals surface area contributed by atoms with Gasteiger partial charge < -0.3 is 20.6 Å². The molecule has 122 valence electrons. The Morgan fingerprint density at radius 1 is 1.24 bits per heavy atom. The standard InChI is InChI=1S/C16H29NO4/c1-4-12(3)9-7-6-8-10-15(20)13(11-18)17-16(21)14(19)5-2/h8-10,13-15,18-20H,4-7,11H2,1-3H3,(H,17,21)/b10-8+,12-9+/t13-,14+,15+/m1/s1. The first kappa shape index (κ1) is 19.8. The van der Waals surface area contributed by atoms with E-state index >= 15 is 0 Å². The highest BCUT2D eigenvalue weighted by Crippen LogP contribution is 2.04. The molecule has 0 spiro atoms. The Morgan fingerprint density at radius 2 is 1.90 bits per heavy atom. The molecule has 0 radical (unpaired) electrons. The Balaban J connectivity index is 4.26. The molecule has 0 rings (SSSR count). The Morgan fingerprint density at radius 3 is 2.43 bits per heavy atom. The van der Waals surface area contributed by atoms with Gasteiger partial charge in [0.1, 0.15) is 6.10 Å². The highest BCUT2D eigenvalue weighted by molar-refractivity contribution is 5.80. The Hall–Kier alpha value is -1.17. The summed E-state index contributed by atoms with van der Waals surface area (Å²) >= 11 is 0. The highest BCUT2D eigenvalue weighted by Gasteiger charge is 2.21. The summed E-state index contributed by atoms with van der Waals surface area (Å²) in [6.45, 7) is 5.47. The zero-order chi connectivity index (χ0) is 16.3. The zero-order valence-corrected chi connectivity index (χ0v) is 13.2. The van der Waals surface area contributed by atoms with Crippen molar-refractivity contribution >= 4 is 5.91 Å². The number of allylic oxidation sites excluding steroid dienone is 3. The van der Waals surface area contributed by atoms with Gasteiger partial charge in [-0.1, -0.05) is 37.6 Å². The molecule has 0 aliphatic heterocycles. The van der Waals surface area contributed by atoms with Crippen LogP contribution in [0.15, 0.2) is 23.8 Å². The van der Waals surface area contributed by atoms with Crippen molar-refractivity contribution in [1.82, 2.24) is 5.32 Å². The van der Waals surface area contributed by atoms with Crippen LogP contribution in [0.25, 0.3) is 0 Å². The quantitative estimate of drug-likeness (QED) is 0.361. The van der Waals surface area contributed by atoms with E-state index in [1.54, 1.807) is 13.0 Å². The van der Waals surface area contributed by atoms with Crippen molar-refractivity contribution in [2.24, 2.45) is 0 Å². The fourth-order valence-electron chi connectivity index (χ4n) is 1.64. The molecule has 0 unspecified atom stereocenters. The van der Waals surface area contributed by atoms with Crippen molar-refractivity contribution in [1.29, 1.82) is 0 Å². The molecule has 0 aromatic rings. The number of hydrogen-bond acceptors (Lipinski definition) is 4. The monoisotopic (exact) mass is 299 g/mol. The van der Waals surface area contributed by atoms with E-state index in [1.807, 2.05) is 6.08 Å². The van der Waals surface area contributed by atoms with Crippen molar-refractivity contribution in [3.63, 3.8) is 0 Å².